The topological polar surface area (TPSA) is 39.4 Å². The Morgan fingerprint density at radius 1 is 0.606 bits per heavy atom. The van der Waals surface area contributed by atoms with Crippen molar-refractivity contribution in [2.45, 2.75) is 20.8 Å². The van der Waals surface area contributed by atoms with Gasteiger partial charge in [0.25, 0.3) is 0 Å². The van der Waals surface area contributed by atoms with Gasteiger partial charge in [0.2, 0.25) is 0 Å². The SMILES string of the molecule is [CH-]=CC(C)(C)C.[CH]1[CH][CH][CH][CH]1.[N-]=O.[Re].c1ccc(P(c2ccccc2)c2ccccc2)cc1. The molecule has 1 aliphatic rings. The molecule has 0 heterocycles. The Kier molecular flexibility index (Phi) is 17.4. The van der Waals surface area contributed by atoms with Crippen LogP contribution in [0.4, 0.5) is 0 Å². The predicted molar refractivity (Wildman–Crippen MR) is 142 cm³/mol. The Labute approximate surface area is 216 Å². The van der Waals surface area contributed by atoms with Crippen LogP contribution in [0.25, 0.3) is 5.59 Å². The molecule has 0 aromatic heterocycles. The first-order valence-electron chi connectivity index (χ1n) is 10.4. The third-order valence-electron chi connectivity index (χ3n) is 4.10. The van der Waals surface area contributed by atoms with Crippen LogP contribution in [-0.4, -0.2) is 0 Å². The second kappa shape index (κ2) is 18.5. The van der Waals surface area contributed by atoms with E-state index >= 15 is 0 Å². The van der Waals surface area contributed by atoms with Gasteiger partial charge >= 0.3 is 0 Å². The van der Waals surface area contributed by atoms with Gasteiger partial charge in [0, 0.05) is 20.4 Å². The molecule has 1 fully saturated rings. The van der Waals surface area contributed by atoms with Gasteiger partial charge in [0.05, 0.1) is 0 Å². The second-order valence-electron chi connectivity index (χ2n) is 7.84. The third-order valence-corrected chi connectivity index (χ3v) is 6.54. The molecule has 4 heteroatoms. The molecule has 0 N–H and O–H groups in total. The minimum atomic E-state index is -0.446. The first-order valence-corrected chi connectivity index (χ1v) is 11.7. The van der Waals surface area contributed by atoms with Gasteiger partial charge in [-0.15, -0.1) is 0 Å². The van der Waals surface area contributed by atoms with Gasteiger partial charge in [-0.3, -0.25) is 6.08 Å². The van der Waals surface area contributed by atoms with Crippen molar-refractivity contribution < 1.29 is 20.4 Å². The van der Waals surface area contributed by atoms with Crippen molar-refractivity contribution in [1.82, 2.24) is 0 Å². The summed E-state index contributed by atoms with van der Waals surface area (Å²) in [7, 11) is -0.446. The van der Waals surface area contributed by atoms with E-state index < -0.39 is 7.92 Å². The fourth-order valence-corrected chi connectivity index (χ4v) is 4.80. The molecule has 0 unspecified atom stereocenters. The molecule has 0 amide bonds. The van der Waals surface area contributed by atoms with Crippen LogP contribution in [0.5, 0.6) is 0 Å². The van der Waals surface area contributed by atoms with E-state index in [0.29, 0.717) is 0 Å². The minimum Gasteiger partial charge on any atom is -0.577 e. The number of allylic oxidation sites excluding steroid dienone is 1. The quantitative estimate of drug-likeness (QED) is 0.233. The minimum absolute atomic E-state index is 0. The van der Waals surface area contributed by atoms with Crippen LogP contribution >= 0.6 is 7.92 Å². The van der Waals surface area contributed by atoms with E-state index in [1.807, 2.05) is 32.1 Å². The monoisotopic (exact) mass is 627 g/mol. The normalized spacial score (nSPS) is 11.9. The molecule has 172 valence electrons. The summed E-state index contributed by atoms with van der Waals surface area (Å²) >= 11 is 0. The molecule has 2 nitrogen and oxygen atoms in total. The molecule has 0 aliphatic heterocycles. The van der Waals surface area contributed by atoms with Crippen molar-refractivity contribution in [1.29, 1.82) is 0 Å². The number of nitrogens with zero attached hydrogens (tertiary/aromatic N) is 1. The largest absolute Gasteiger partial charge is 0.577 e. The van der Waals surface area contributed by atoms with E-state index in [0.717, 1.165) is 0 Å². The van der Waals surface area contributed by atoms with Crippen molar-refractivity contribution in [3.8, 4) is 0 Å². The zero-order chi connectivity index (χ0) is 23.7. The standard InChI is InChI=1S/C18H15P.C6H11.C5H5.NO.Re/c1-4-10-16(11-5-1)19(17-12-6-2-7-13-17)18-14-8-3-9-15-18;1-5-6(2,3)4;1-2-4-5-3-1;1-2;/h1-15H;1,5H,2-4H3;1-5H;;/q;-1;;-1;. The Balaban J connectivity index is 0.000000607. The van der Waals surface area contributed by atoms with Gasteiger partial charge in [-0.25, -0.2) is 0 Å². The number of hydrogen-bond acceptors (Lipinski definition) is 1. The molecular weight excluding hydrogens is 596 g/mol. The number of nitroso groups, excluding NO2 is 1. The Morgan fingerprint density at radius 2 is 0.818 bits per heavy atom. The summed E-state index contributed by atoms with van der Waals surface area (Å²) in [6, 6.07) is 32.3. The molecule has 0 saturated heterocycles. The fourth-order valence-electron chi connectivity index (χ4n) is 2.50. The van der Waals surface area contributed by atoms with Crippen molar-refractivity contribution in [3.05, 3.63) is 146 Å². The Hall–Kier alpha value is -1.91. The third kappa shape index (κ3) is 13.4. The van der Waals surface area contributed by atoms with Crippen LogP contribution in [0.3, 0.4) is 0 Å². The van der Waals surface area contributed by atoms with Crippen molar-refractivity contribution in [2.24, 2.45) is 5.41 Å². The molecule has 4 rings (SSSR count). The fraction of sp³-hybridized carbons (Fsp3) is 0.138. The Bertz CT molecular complexity index is 746. The molecule has 1 saturated carbocycles. The first kappa shape index (κ1) is 31.1. The average Bonchev–Trinajstić information content (AvgIpc) is 3.43. The predicted octanol–water partition coefficient (Wildman–Crippen LogP) is 6.81. The van der Waals surface area contributed by atoms with E-state index in [1.54, 1.807) is 6.08 Å². The summed E-state index contributed by atoms with van der Waals surface area (Å²) in [5, 5.41) is 4.19. The summed E-state index contributed by atoms with van der Waals surface area (Å²) in [5.74, 6) is 0. The molecule has 0 bridgehead atoms. The molecular formula is C29H31NOPRe-2. The maximum atomic E-state index is 7.25. The number of benzene rings is 3. The zero-order valence-electron chi connectivity index (χ0n) is 19.4. The van der Waals surface area contributed by atoms with Gasteiger partial charge < -0.3 is 17.1 Å². The summed E-state index contributed by atoms with van der Waals surface area (Å²) in [5.41, 5.74) is 5.94. The molecule has 33 heavy (non-hydrogen) atoms. The maximum absolute atomic E-state index is 7.25. The van der Waals surface area contributed by atoms with Crippen molar-refractivity contribution in [3.63, 3.8) is 0 Å². The van der Waals surface area contributed by atoms with Crippen LogP contribution in [-0.2, 0) is 20.4 Å². The van der Waals surface area contributed by atoms with Crippen LogP contribution in [0, 0.1) is 49.0 Å². The van der Waals surface area contributed by atoms with Crippen LogP contribution in [0.2, 0.25) is 0 Å². The van der Waals surface area contributed by atoms with Gasteiger partial charge in [-0.05, 0) is 55.9 Å². The van der Waals surface area contributed by atoms with Crippen LogP contribution in [0.15, 0.2) is 97.1 Å². The first-order chi connectivity index (χ1) is 15.5. The smallest absolute Gasteiger partial charge is 0 e. The number of rotatable bonds is 3. The molecule has 0 spiro atoms. The van der Waals surface area contributed by atoms with E-state index in [2.05, 4.69) is 112 Å². The van der Waals surface area contributed by atoms with E-state index in [1.165, 1.54) is 15.9 Å². The average molecular weight is 627 g/mol. The van der Waals surface area contributed by atoms with Crippen LogP contribution < -0.4 is 15.9 Å². The molecule has 6 radical (unpaired) electrons. The Morgan fingerprint density at radius 3 is 1.00 bits per heavy atom. The van der Waals surface area contributed by atoms with E-state index in [4.69, 9.17) is 17.1 Å². The summed E-state index contributed by atoms with van der Waals surface area (Å²) in [6.07, 6.45) is 11.7. The maximum Gasteiger partial charge on any atom is 0 e. The van der Waals surface area contributed by atoms with Gasteiger partial charge in [-0.1, -0.05) is 117 Å². The summed E-state index contributed by atoms with van der Waals surface area (Å²) in [4.78, 5) is 7.25. The molecule has 1 aliphatic carbocycles. The molecule has 3 aromatic rings. The summed E-state index contributed by atoms with van der Waals surface area (Å²) in [6.45, 7) is 11.4. The van der Waals surface area contributed by atoms with Gasteiger partial charge in [0.1, 0.15) is 0 Å². The van der Waals surface area contributed by atoms with E-state index in [-0.39, 0.29) is 25.8 Å². The zero-order valence-corrected chi connectivity index (χ0v) is 23.0. The molecule has 3 aromatic carbocycles. The van der Waals surface area contributed by atoms with E-state index in [9.17, 15) is 0 Å². The van der Waals surface area contributed by atoms with Crippen molar-refractivity contribution in [2.75, 3.05) is 0 Å². The van der Waals surface area contributed by atoms with Crippen molar-refractivity contribution >= 4 is 23.8 Å². The second-order valence-corrected chi connectivity index (χ2v) is 10.1. The summed E-state index contributed by atoms with van der Waals surface area (Å²) < 4.78 is 0. The van der Waals surface area contributed by atoms with Gasteiger partial charge in [0.15, 0.2) is 0 Å². The van der Waals surface area contributed by atoms with Crippen LogP contribution in [0.1, 0.15) is 20.8 Å². The molecule has 0 atom stereocenters. The number of hydrogen-bond donors (Lipinski definition) is 0. The van der Waals surface area contributed by atoms with Gasteiger partial charge in [-0.2, -0.15) is 0 Å².